The molecule has 0 aromatic heterocycles. The second-order valence-corrected chi connectivity index (χ2v) is 7.24. The van der Waals surface area contributed by atoms with Crippen molar-refractivity contribution in [2.45, 2.75) is 38.1 Å². The van der Waals surface area contributed by atoms with Gasteiger partial charge in [-0.15, -0.1) is 12.4 Å². The van der Waals surface area contributed by atoms with Crippen molar-refractivity contribution in [3.05, 3.63) is 53.6 Å². The molecule has 3 rings (SSSR count). The molecule has 2 aromatic rings. The normalized spacial score (nSPS) is 16.5. The summed E-state index contributed by atoms with van der Waals surface area (Å²) in [6.45, 7) is 1.99. The Balaban J connectivity index is 0.00000280. The van der Waals surface area contributed by atoms with E-state index in [0.29, 0.717) is 6.04 Å². The third-order valence-electron chi connectivity index (χ3n) is 5.45. The van der Waals surface area contributed by atoms with E-state index < -0.39 is 0 Å². The van der Waals surface area contributed by atoms with Gasteiger partial charge in [0.15, 0.2) is 0 Å². The van der Waals surface area contributed by atoms with Gasteiger partial charge in [-0.1, -0.05) is 18.2 Å². The largest absolute Gasteiger partial charge is 0.497 e. The first-order chi connectivity index (χ1) is 13.2. The Bertz CT molecular complexity index is 715. The molecule has 0 unspecified atom stereocenters. The third-order valence-corrected chi connectivity index (χ3v) is 5.45. The number of rotatable bonds is 9. The van der Waals surface area contributed by atoms with Crippen LogP contribution in [0.4, 0.5) is 0 Å². The second-order valence-electron chi connectivity index (χ2n) is 7.24. The number of halogens is 1. The molecule has 1 heterocycles. The van der Waals surface area contributed by atoms with Crippen molar-refractivity contribution in [3.63, 3.8) is 0 Å². The Morgan fingerprint density at radius 3 is 2.36 bits per heavy atom. The van der Waals surface area contributed by atoms with Crippen LogP contribution in [0.1, 0.15) is 30.4 Å². The van der Waals surface area contributed by atoms with Crippen LogP contribution in [0.15, 0.2) is 42.5 Å². The number of methoxy groups -OCH3 is 2. The van der Waals surface area contributed by atoms with Gasteiger partial charge in [0, 0.05) is 12.1 Å². The van der Waals surface area contributed by atoms with Crippen molar-refractivity contribution in [3.8, 4) is 17.2 Å². The molecule has 0 N–H and O–H groups in total. The van der Waals surface area contributed by atoms with Crippen LogP contribution >= 0.6 is 12.4 Å². The molecular formula is C23H32ClNO3. The number of hydrogen-bond acceptors (Lipinski definition) is 4. The second kappa shape index (κ2) is 11.2. The zero-order valence-electron chi connectivity index (χ0n) is 17.1. The van der Waals surface area contributed by atoms with Gasteiger partial charge in [-0.2, -0.15) is 0 Å². The first kappa shape index (κ1) is 22.4. The van der Waals surface area contributed by atoms with E-state index in [2.05, 4.69) is 48.3 Å². The minimum absolute atomic E-state index is 0. The highest BCUT2D eigenvalue weighted by Crippen LogP contribution is 2.26. The number of aryl methyl sites for hydroxylation is 2. The molecule has 1 fully saturated rings. The molecule has 28 heavy (non-hydrogen) atoms. The molecule has 0 aliphatic carbocycles. The minimum atomic E-state index is 0. The monoisotopic (exact) mass is 405 g/mol. The van der Waals surface area contributed by atoms with E-state index in [0.717, 1.165) is 43.1 Å². The molecule has 0 bridgehead atoms. The van der Waals surface area contributed by atoms with Gasteiger partial charge in [0.05, 0.1) is 20.8 Å². The first-order valence-electron chi connectivity index (χ1n) is 9.82. The molecule has 1 aliphatic rings. The highest BCUT2D eigenvalue weighted by molar-refractivity contribution is 5.85. The molecule has 0 radical (unpaired) electrons. The quantitative estimate of drug-likeness (QED) is 0.601. The van der Waals surface area contributed by atoms with Crippen LogP contribution in [0, 0.1) is 0 Å². The Kier molecular flexibility index (Phi) is 8.94. The van der Waals surface area contributed by atoms with Gasteiger partial charge in [0.25, 0.3) is 0 Å². The van der Waals surface area contributed by atoms with Gasteiger partial charge in [-0.05, 0) is 75.0 Å². The number of likely N-dealkylation sites (tertiary alicyclic amines) is 1. The van der Waals surface area contributed by atoms with Crippen molar-refractivity contribution in [2.75, 3.05) is 34.4 Å². The summed E-state index contributed by atoms with van der Waals surface area (Å²) in [6, 6.07) is 15.1. The predicted molar refractivity (Wildman–Crippen MR) is 116 cm³/mol. The van der Waals surface area contributed by atoms with E-state index in [9.17, 15) is 0 Å². The lowest BCUT2D eigenvalue weighted by atomic mass is 10.0. The summed E-state index contributed by atoms with van der Waals surface area (Å²) in [5.74, 6) is 2.66. The predicted octanol–water partition coefficient (Wildman–Crippen LogP) is 4.77. The summed E-state index contributed by atoms with van der Waals surface area (Å²) in [4.78, 5) is 2.45. The summed E-state index contributed by atoms with van der Waals surface area (Å²) in [6.07, 6.45) is 5.54. The number of ether oxygens (including phenoxy) is 3. The van der Waals surface area contributed by atoms with Gasteiger partial charge in [-0.25, -0.2) is 0 Å². The Labute approximate surface area is 175 Å². The molecule has 154 valence electrons. The Morgan fingerprint density at radius 2 is 1.71 bits per heavy atom. The summed E-state index contributed by atoms with van der Waals surface area (Å²) in [5.41, 5.74) is 2.45. The zero-order valence-corrected chi connectivity index (χ0v) is 18.0. The SMILES string of the molecule is COc1cc(CCc2ccccc2OCC[C@H]2CCCN2C)cc(OC)c1.Cl. The van der Waals surface area contributed by atoms with Crippen LogP contribution in [-0.4, -0.2) is 45.4 Å². The maximum Gasteiger partial charge on any atom is 0.122 e. The van der Waals surface area contributed by atoms with E-state index in [-0.39, 0.29) is 12.4 Å². The fraction of sp³-hybridized carbons (Fsp3) is 0.478. The molecule has 2 aromatic carbocycles. The van der Waals surface area contributed by atoms with Crippen LogP contribution < -0.4 is 14.2 Å². The number of nitrogens with zero attached hydrogens (tertiary/aromatic N) is 1. The van der Waals surface area contributed by atoms with Crippen molar-refractivity contribution in [1.29, 1.82) is 0 Å². The smallest absolute Gasteiger partial charge is 0.122 e. The number of benzene rings is 2. The standard InChI is InChI=1S/C23H31NO3.ClH/c1-24-13-6-8-20(24)12-14-27-23-9-5-4-7-19(23)11-10-18-15-21(25-2)17-22(16-18)26-3;/h4-5,7,9,15-17,20H,6,8,10-14H2,1-3H3;1H/t20-;/m1./s1. The third kappa shape index (κ3) is 6.05. The average molecular weight is 406 g/mol. The lowest BCUT2D eigenvalue weighted by Gasteiger charge is -2.20. The van der Waals surface area contributed by atoms with E-state index in [1.165, 1.54) is 30.5 Å². The lowest BCUT2D eigenvalue weighted by Crippen LogP contribution is -2.26. The van der Waals surface area contributed by atoms with Gasteiger partial charge in [0.1, 0.15) is 17.2 Å². The summed E-state index contributed by atoms with van der Waals surface area (Å²) >= 11 is 0. The van der Waals surface area contributed by atoms with Crippen LogP contribution in [0.5, 0.6) is 17.2 Å². The van der Waals surface area contributed by atoms with E-state index in [4.69, 9.17) is 14.2 Å². The summed E-state index contributed by atoms with van der Waals surface area (Å²) < 4.78 is 16.9. The fourth-order valence-corrected chi connectivity index (χ4v) is 3.79. The molecule has 0 amide bonds. The average Bonchev–Trinajstić information content (AvgIpc) is 3.11. The summed E-state index contributed by atoms with van der Waals surface area (Å²) in [5, 5.41) is 0. The van der Waals surface area contributed by atoms with Crippen LogP contribution in [-0.2, 0) is 12.8 Å². The Morgan fingerprint density at radius 1 is 1.00 bits per heavy atom. The zero-order chi connectivity index (χ0) is 19.1. The highest BCUT2D eigenvalue weighted by atomic mass is 35.5. The molecular weight excluding hydrogens is 374 g/mol. The molecule has 4 nitrogen and oxygen atoms in total. The minimum Gasteiger partial charge on any atom is -0.497 e. The fourth-order valence-electron chi connectivity index (χ4n) is 3.79. The molecule has 1 atom stereocenters. The van der Waals surface area contributed by atoms with Gasteiger partial charge >= 0.3 is 0 Å². The molecule has 0 spiro atoms. The van der Waals surface area contributed by atoms with Crippen LogP contribution in [0.25, 0.3) is 0 Å². The van der Waals surface area contributed by atoms with Gasteiger partial charge in [0.2, 0.25) is 0 Å². The highest BCUT2D eigenvalue weighted by Gasteiger charge is 2.20. The van der Waals surface area contributed by atoms with Crippen molar-refractivity contribution >= 4 is 12.4 Å². The van der Waals surface area contributed by atoms with E-state index >= 15 is 0 Å². The summed E-state index contributed by atoms with van der Waals surface area (Å²) in [7, 11) is 5.58. The van der Waals surface area contributed by atoms with E-state index in [1.54, 1.807) is 14.2 Å². The Hall–Kier alpha value is -1.91. The van der Waals surface area contributed by atoms with E-state index in [1.807, 2.05) is 6.07 Å². The number of para-hydroxylation sites is 1. The first-order valence-corrected chi connectivity index (χ1v) is 9.82. The molecule has 0 saturated carbocycles. The van der Waals surface area contributed by atoms with Crippen LogP contribution in [0.2, 0.25) is 0 Å². The van der Waals surface area contributed by atoms with Crippen molar-refractivity contribution in [2.24, 2.45) is 0 Å². The lowest BCUT2D eigenvalue weighted by molar-refractivity contribution is 0.232. The maximum atomic E-state index is 6.15. The molecule has 1 aliphatic heterocycles. The topological polar surface area (TPSA) is 30.9 Å². The molecule has 1 saturated heterocycles. The van der Waals surface area contributed by atoms with Gasteiger partial charge in [-0.3, -0.25) is 0 Å². The van der Waals surface area contributed by atoms with Crippen molar-refractivity contribution in [1.82, 2.24) is 4.90 Å². The maximum absolute atomic E-state index is 6.15. The van der Waals surface area contributed by atoms with Gasteiger partial charge < -0.3 is 19.1 Å². The number of hydrogen-bond donors (Lipinski definition) is 0. The van der Waals surface area contributed by atoms with Crippen LogP contribution in [0.3, 0.4) is 0 Å². The molecule has 5 heteroatoms. The van der Waals surface area contributed by atoms with Crippen molar-refractivity contribution < 1.29 is 14.2 Å².